The topological polar surface area (TPSA) is 80.5 Å². The standard InChI is InChI=1S/C11H15ClN2O4S2/c1-7(2)6-13(8-3-4-8)20(17,18)10-5-9(14(15)16)11(12)19-10/h5,7-8H,3-4,6H2,1-2H3. The molecule has 112 valence electrons. The lowest BCUT2D eigenvalue weighted by Gasteiger charge is -2.22. The van der Waals surface area contributed by atoms with Crippen LogP contribution >= 0.6 is 22.9 Å². The van der Waals surface area contributed by atoms with E-state index < -0.39 is 14.9 Å². The minimum absolute atomic E-state index is 0.0160. The fraction of sp³-hybridized carbons (Fsp3) is 0.636. The van der Waals surface area contributed by atoms with Crippen LogP contribution in [-0.4, -0.2) is 30.2 Å². The monoisotopic (exact) mass is 338 g/mol. The number of halogens is 1. The predicted molar refractivity (Wildman–Crippen MR) is 77.7 cm³/mol. The zero-order valence-electron chi connectivity index (χ0n) is 11.1. The SMILES string of the molecule is CC(C)CN(C1CC1)S(=O)(=O)c1cc([N+](=O)[O-])c(Cl)s1. The molecule has 1 aromatic heterocycles. The number of nitrogens with zero attached hydrogens (tertiary/aromatic N) is 2. The molecule has 0 unspecified atom stereocenters. The van der Waals surface area contributed by atoms with Crippen molar-refractivity contribution >= 4 is 38.6 Å². The first-order valence-corrected chi connectivity index (χ1v) is 8.82. The Balaban J connectivity index is 2.37. The highest BCUT2D eigenvalue weighted by molar-refractivity contribution is 7.91. The zero-order valence-corrected chi connectivity index (χ0v) is 13.5. The lowest BCUT2D eigenvalue weighted by molar-refractivity contribution is -0.384. The summed E-state index contributed by atoms with van der Waals surface area (Å²) in [4.78, 5) is 10.1. The van der Waals surface area contributed by atoms with Crippen LogP contribution in [0.15, 0.2) is 10.3 Å². The Morgan fingerprint density at radius 3 is 2.55 bits per heavy atom. The maximum Gasteiger partial charge on any atom is 0.300 e. The summed E-state index contributed by atoms with van der Waals surface area (Å²) in [6, 6.07) is 1.07. The Bertz CT molecular complexity index is 622. The van der Waals surface area contributed by atoms with Crippen LogP contribution in [-0.2, 0) is 10.0 Å². The van der Waals surface area contributed by atoms with Crippen molar-refractivity contribution in [3.8, 4) is 0 Å². The van der Waals surface area contributed by atoms with Crippen molar-refractivity contribution in [3.63, 3.8) is 0 Å². The van der Waals surface area contributed by atoms with E-state index in [4.69, 9.17) is 11.6 Å². The molecule has 1 aliphatic rings. The van der Waals surface area contributed by atoms with Gasteiger partial charge in [-0.05, 0) is 18.8 Å². The summed E-state index contributed by atoms with van der Waals surface area (Å²) in [5.74, 6) is 0.191. The smallest absolute Gasteiger partial charge is 0.258 e. The predicted octanol–water partition coefficient (Wildman–Crippen LogP) is 3.12. The molecule has 20 heavy (non-hydrogen) atoms. The van der Waals surface area contributed by atoms with Gasteiger partial charge >= 0.3 is 0 Å². The fourth-order valence-corrected chi connectivity index (χ4v) is 5.51. The van der Waals surface area contributed by atoms with Gasteiger partial charge in [-0.3, -0.25) is 10.1 Å². The van der Waals surface area contributed by atoms with E-state index in [2.05, 4.69) is 0 Å². The molecule has 0 amide bonds. The number of hydrogen-bond donors (Lipinski definition) is 0. The third-order valence-electron chi connectivity index (χ3n) is 2.91. The van der Waals surface area contributed by atoms with Crippen LogP contribution in [0.3, 0.4) is 0 Å². The van der Waals surface area contributed by atoms with E-state index in [9.17, 15) is 18.5 Å². The lowest BCUT2D eigenvalue weighted by Crippen LogP contribution is -2.35. The minimum atomic E-state index is -3.71. The van der Waals surface area contributed by atoms with Gasteiger partial charge in [-0.1, -0.05) is 25.4 Å². The third-order valence-corrected chi connectivity index (χ3v) is 6.61. The van der Waals surface area contributed by atoms with Crippen LogP contribution in [0.4, 0.5) is 5.69 Å². The van der Waals surface area contributed by atoms with Gasteiger partial charge in [0.15, 0.2) is 4.34 Å². The van der Waals surface area contributed by atoms with Crippen molar-refractivity contribution < 1.29 is 13.3 Å². The number of sulfonamides is 1. The van der Waals surface area contributed by atoms with E-state index in [1.54, 1.807) is 0 Å². The summed E-state index contributed by atoms with van der Waals surface area (Å²) in [6.07, 6.45) is 1.68. The van der Waals surface area contributed by atoms with Crippen LogP contribution in [0.5, 0.6) is 0 Å². The third kappa shape index (κ3) is 3.13. The highest BCUT2D eigenvalue weighted by Gasteiger charge is 2.40. The minimum Gasteiger partial charge on any atom is -0.258 e. The second kappa shape index (κ2) is 5.59. The number of rotatable bonds is 6. The van der Waals surface area contributed by atoms with Gasteiger partial charge in [0.2, 0.25) is 0 Å². The molecule has 0 bridgehead atoms. The van der Waals surface area contributed by atoms with Crippen molar-refractivity contribution in [1.29, 1.82) is 0 Å². The number of thiophene rings is 1. The molecule has 0 atom stereocenters. The molecular weight excluding hydrogens is 324 g/mol. The van der Waals surface area contributed by atoms with Gasteiger partial charge in [0.05, 0.1) is 4.92 Å². The Labute approximate surface area is 126 Å². The molecule has 1 fully saturated rings. The molecular formula is C11H15ClN2O4S2. The summed E-state index contributed by atoms with van der Waals surface area (Å²) in [5.41, 5.74) is -0.351. The number of nitro groups is 1. The van der Waals surface area contributed by atoms with Crippen molar-refractivity contribution in [2.45, 2.75) is 36.9 Å². The first-order chi connectivity index (χ1) is 9.23. The zero-order chi connectivity index (χ0) is 15.1. The average molecular weight is 339 g/mol. The molecule has 1 aromatic rings. The molecule has 0 spiro atoms. The van der Waals surface area contributed by atoms with Gasteiger partial charge in [0.1, 0.15) is 4.21 Å². The molecule has 0 N–H and O–H groups in total. The van der Waals surface area contributed by atoms with Gasteiger partial charge in [-0.25, -0.2) is 8.42 Å². The van der Waals surface area contributed by atoms with Crippen LogP contribution < -0.4 is 0 Å². The Morgan fingerprint density at radius 2 is 2.15 bits per heavy atom. The first kappa shape index (κ1) is 15.7. The molecule has 9 heteroatoms. The maximum absolute atomic E-state index is 12.6. The molecule has 6 nitrogen and oxygen atoms in total. The molecule has 0 aliphatic heterocycles. The summed E-state index contributed by atoms with van der Waals surface area (Å²) >= 11 is 6.49. The Kier molecular flexibility index (Phi) is 4.38. The molecule has 2 rings (SSSR count). The Hall–Kier alpha value is -0.700. The van der Waals surface area contributed by atoms with E-state index in [1.807, 2.05) is 13.8 Å². The van der Waals surface area contributed by atoms with E-state index in [-0.39, 0.29) is 26.2 Å². The van der Waals surface area contributed by atoms with Crippen molar-refractivity contribution in [2.75, 3.05) is 6.54 Å². The second-order valence-electron chi connectivity index (χ2n) is 5.18. The molecule has 1 saturated carbocycles. The van der Waals surface area contributed by atoms with Crippen molar-refractivity contribution in [2.24, 2.45) is 5.92 Å². The molecule has 0 radical (unpaired) electrons. The Morgan fingerprint density at radius 1 is 1.55 bits per heavy atom. The van der Waals surface area contributed by atoms with Crippen molar-refractivity contribution in [3.05, 3.63) is 20.5 Å². The largest absolute Gasteiger partial charge is 0.300 e. The quantitative estimate of drug-likeness (QED) is 0.589. The van der Waals surface area contributed by atoms with Crippen LogP contribution in [0.1, 0.15) is 26.7 Å². The summed E-state index contributed by atoms with van der Waals surface area (Å²) in [6.45, 7) is 4.29. The average Bonchev–Trinajstić information content (AvgIpc) is 3.07. The molecule has 1 heterocycles. The summed E-state index contributed by atoms with van der Waals surface area (Å²) < 4.78 is 26.5. The van der Waals surface area contributed by atoms with Gasteiger partial charge < -0.3 is 0 Å². The van der Waals surface area contributed by atoms with E-state index in [0.717, 1.165) is 30.2 Å². The van der Waals surface area contributed by atoms with Gasteiger partial charge in [0.25, 0.3) is 15.7 Å². The van der Waals surface area contributed by atoms with Gasteiger partial charge in [0, 0.05) is 18.7 Å². The molecule has 0 aromatic carbocycles. The molecule has 1 aliphatic carbocycles. The highest BCUT2D eigenvalue weighted by Crippen LogP contribution is 2.40. The first-order valence-electron chi connectivity index (χ1n) is 6.19. The number of hydrogen-bond acceptors (Lipinski definition) is 5. The fourth-order valence-electron chi connectivity index (χ4n) is 1.87. The van der Waals surface area contributed by atoms with E-state index in [1.165, 1.54) is 4.31 Å². The van der Waals surface area contributed by atoms with E-state index >= 15 is 0 Å². The second-order valence-corrected chi connectivity index (χ2v) is 8.95. The highest BCUT2D eigenvalue weighted by atomic mass is 35.5. The van der Waals surface area contributed by atoms with Gasteiger partial charge in [-0.2, -0.15) is 4.31 Å². The van der Waals surface area contributed by atoms with Crippen LogP contribution in [0, 0.1) is 16.0 Å². The summed E-state index contributed by atoms with van der Waals surface area (Å²) in [7, 11) is -3.71. The van der Waals surface area contributed by atoms with Crippen LogP contribution in [0.2, 0.25) is 4.34 Å². The lowest BCUT2D eigenvalue weighted by atomic mass is 10.2. The molecule has 0 saturated heterocycles. The maximum atomic E-state index is 12.6. The summed E-state index contributed by atoms with van der Waals surface area (Å²) in [5, 5.41) is 10.8. The van der Waals surface area contributed by atoms with Gasteiger partial charge in [-0.15, -0.1) is 11.3 Å². The van der Waals surface area contributed by atoms with Crippen LogP contribution in [0.25, 0.3) is 0 Å². The normalized spacial score (nSPS) is 16.1. The van der Waals surface area contributed by atoms with Crippen molar-refractivity contribution in [1.82, 2.24) is 4.31 Å². The van der Waals surface area contributed by atoms with E-state index in [0.29, 0.717) is 6.54 Å².